The molecule has 1 aromatic carbocycles. The molecule has 0 fully saturated rings. The van der Waals surface area contributed by atoms with Gasteiger partial charge in [0, 0.05) is 5.69 Å². The van der Waals surface area contributed by atoms with E-state index in [4.69, 9.17) is 10.8 Å². The van der Waals surface area contributed by atoms with Gasteiger partial charge in [0.05, 0.1) is 5.75 Å². The number of anilines is 1. The summed E-state index contributed by atoms with van der Waals surface area (Å²) in [5, 5.41) is 11.5. The number of hydrogen-bond acceptors (Lipinski definition) is 4. The molecular weight excluding hydrogens is 276 g/mol. The van der Waals surface area contributed by atoms with Crippen molar-refractivity contribution in [2.75, 3.05) is 16.8 Å². The van der Waals surface area contributed by atoms with Crippen molar-refractivity contribution < 1.29 is 14.7 Å². The molecule has 0 aliphatic carbocycles. The largest absolute Gasteiger partial charge is 0.480 e. The number of carbonyl (C=O) groups is 2. The van der Waals surface area contributed by atoms with Gasteiger partial charge in [0.25, 0.3) is 0 Å². The standard InChI is InChI=1S/C14H20N2O3S/c1-9-4-3-5-12(10(9)2)16-13(17)8-20-7-6-11(15)14(18)19/h3-5,11H,6-8,15H2,1-2H3,(H,16,17)(H,18,19). The van der Waals surface area contributed by atoms with E-state index in [0.29, 0.717) is 17.9 Å². The second-order valence-electron chi connectivity index (χ2n) is 4.58. The van der Waals surface area contributed by atoms with E-state index >= 15 is 0 Å². The van der Waals surface area contributed by atoms with E-state index in [1.54, 1.807) is 0 Å². The van der Waals surface area contributed by atoms with Crippen molar-refractivity contribution in [1.82, 2.24) is 0 Å². The summed E-state index contributed by atoms with van der Waals surface area (Å²) in [5.74, 6) is -0.258. The van der Waals surface area contributed by atoms with Crippen LogP contribution in [-0.4, -0.2) is 34.5 Å². The fourth-order valence-electron chi connectivity index (χ4n) is 1.57. The highest BCUT2D eigenvalue weighted by atomic mass is 32.2. The molecule has 0 spiro atoms. The number of carboxylic acid groups (broad SMARTS) is 1. The number of rotatable bonds is 7. The van der Waals surface area contributed by atoms with Gasteiger partial charge in [-0.2, -0.15) is 11.8 Å². The molecule has 1 rings (SSSR count). The Hall–Kier alpha value is -1.53. The molecule has 1 unspecified atom stereocenters. The average molecular weight is 296 g/mol. The van der Waals surface area contributed by atoms with E-state index in [-0.39, 0.29) is 5.91 Å². The summed E-state index contributed by atoms with van der Waals surface area (Å²) in [4.78, 5) is 22.3. The number of hydrogen-bond donors (Lipinski definition) is 3. The first-order valence-corrected chi connectivity index (χ1v) is 7.49. The molecule has 0 aliphatic rings. The molecule has 20 heavy (non-hydrogen) atoms. The Morgan fingerprint density at radius 3 is 2.75 bits per heavy atom. The predicted octanol–water partition coefficient (Wildman–Crippen LogP) is 1.78. The van der Waals surface area contributed by atoms with Gasteiger partial charge in [0.2, 0.25) is 5.91 Å². The number of aliphatic carboxylic acids is 1. The first kappa shape index (κ1) is 16.5. The maximum absolute atomic E-state index is 11.8. The van der Waals surface area contributed by atoms with Gasteiger partial charge in [-0.1, -0.05) is 12.1 Å². The number of benzene rings is 1. The van der Waals surface area contributed by atoms with Crippen LogP contribution in [0.1, 0.15) is 17.5 Å². The summed E-state index contributed by atoms with van der Waals surface area (Å²) in [6.45, 7) is 3.96. The first-order chi connectivity index (χ1) is 9.41. The molecule has 5 nitrogen and oxygen atoms in total. The smallest absolute Gasteiger partial charge is 0.320 e. The van der Waals surface area contributed by atoms with E-state index in [1.807, 2.05) is 32.0 Å². The maximum Gasteiger partial charge on any atom is 0.320 e. The van der Waals surface area contributed by atoms with Crippen molar-refractivity contribution in [2.45, 2.75) is 26.3 Å². The monoisotopic (exact) mass is 296 g/mol. The van der Waals surface area contributed by atoms with Crippen LogP contribution in [0.25, 0.3) is 0 Å². The highest BCUT2D eigenvalue weighted by Gasteiger charge is 2.11. The molecular formula is C14H20N2O3S. The molecule has 4 N–H and O–H groups in total. The van der Waals surface area contributed by atoms with Crippen LogP contribution in [0.2, 0.25) is 0 Å². The third-order valence-corrected chi connectivity index (χ3v) is 3.99. The van der Waals surface area contributed by atoms with Crippen molar-refractivity contribution in [3.63, 3.8) is 0 Å². The summed E-state index contributed by atoms with van der Waals surface area (Å²) < 4.78 is 0. The maximum atomic E-state index is 11.8. The van der Waals surface area contributed by atoms with Gasteiger partial charge >= 0.3 is 5.97 Å². The van der Waals surface area contributed by atoms with Crippen molar-refractivity contribution in [1.29, 1.82) is 0 Å². The van der Waals surface area contributed by atoms with Gasteiger partial charge in [0.1, 0.15) is 6.04 Å². The normalized spacial score (nSPS) is 11.9. The highest BCUT2D eigenvalue weighted by molar-refractivity contribution is 7.99. The van der Waals surface area contributed by atoms with Gasteiger partial charge in [-0.3, -0.25) is 9.59 Å². The fraction of sp³-hybridized carbons (Fsp3) is 0.429. The average Bonchev–Trinajstić information content (AvgIpc) is 2.39. The van der Waals surface area contributed by atoms with E-state index in [1.165, 1.54) is 11.8 Å². The molecule has 1 amide bonds. The van der Waals surface area contributed by atoms with E-state index in [0.717, 1.165) is 16.8 Å². The minimum Gasteiger partial charge on any atom is -0.480 e. The molecule has 0 bridgehead atoms. The fourth-order valence-corrected chi connectivity index (χ4v) is 2.39. The minimum atomic E-state index is -1.01. The van der Waals surface area contributed by atoms with Crippen molar-refractivity contribution in [3.8, 4) is 0 Å². The molecule has 0 saturated heterocycles. The Bertz CT molecular complexity index is 491. The van der Waals surface area contributed by atoms with Crippen LogP contribution >= 0.6 is 11.8 Å². The highest BCUT2D eigenvalue weighted by Crippen LogP contribution is 2.18. The van der Waals surface area contributed by atoms with Crippen molar-refractivity contribution >= 4 is 29.3 Å². The lowest BCUT2D eigenvalue weighted by Gasteiger charge is -2.10. The topological polar surface area (TPSA) is 92.4 Å². The lowest BCUT2D eigenvalue weighted by atomic mass is 10.1. The van der Waals surface area contributed by atoms with Crippen molar-refractivity contribution in [2.24, 2.45) is 5.73 Å². The van der Waals surface area contributed by atoms with E-state index < -0.39 is 12.0 Å². The van der Waals surface area contributed by atoms with Crippen LogP contribution in [0, 0.1) is 13.8 Å². The zero-order chi connectivity index (χ0) is 15.1. The zero-order valence-electron chi connectivity index (χ0n) is 11.7. The Labute approximate surface area is 122 Å². The molecule has 0 heterocycles. The Balaban J connectivity index is 2.34. The van der Waals surface area contributed by atoms with Gasteiger partial charge in [-0.15, -0.1) is 0 Å². The first-order valence-electron chi connectivity index (χ1n) is 6.34. The number of thioether (sulfide) groups is 1. The Kier molecular flexibility index (Phi) is 6.54. The summed E-state index contributed by atoms with van der Waals surface area (Å²) in [6.07, 6.45) is 0.358. The van der Waals surface area contributed by atoms with Crippen molar-refractivity contribution in [3.05, 3.63) is 29.3 Å². The quantitative estimate of drug-likeness (QED) is 0.667. The van der Waals surface area contributed by atoms with E-state index in [9.17, 15) is 9.59 Å². The lowest BCUT2D eigenvalue weighted by Crippen LogP contribution is -2.30. The SMILES string of the molecule is Cc1cccc(NC(=O)CSCCC(N)C(=O)O)c1C. The number of nitrogens with one attached hydrogen (secondary N) is 1. The van der Waals surface area contributed by atoms with Crippen LogP contribution in [0.5, 0.6) is 0 Å². The van der Waals surface area contributed by atoms with Gasteiger partial charge in [-0.25, -0.2) is 0 Å². The van der Waals surface area contributed by atoms with Crippen LogP contribution in [0.4, 0.5) is 5.69 Å². The number of nitrogens with two attached hydrogens (primary N) is 1. The summed E-state index contributed by atoms with van der Waals surface area (Å²) in [7, 11) is 0. The summed E-state index contributed by atoms with van der Waals surface area (Å²) >= 11 is 1.38. The molecule has 1 aromatic rings. The predicted molar refractivity (Wildman–Crippen MR) is 82.1 cm³/mol. The number of amides is 1. The number of carbonyl (C=O) groups excluding carboxylic acids is 1. The third-order valence-electron chi connectivity index (χ3n) is 3.00. The van der Waals surface area contributed by atoms with Crippen LogP contribution in [-0.2, 0) is 9.59 Å². The minimum absolute atomic E-state index is 0.0902. The van der Waals surface area contributed by atoms with E-state index in [2.05, 4.69) is 5.32 Å². The second kappa shape index (κ2) is 7.91. The summed E-state index contributed by atoms with van der Waals surface area (Å²) in [6, 6.07) is 4.90. The zero-order valence-corrected chi connectivity index (χ0v) is 12.5. The second-order valence-corrected chi connectivity index (χ2v) is 5.69. The molecule has 0 aliphatic heterocycles. The third kappa shape index (κ3) is 5.22. The van der Waals surface area contributed by atoms with Gasteiger partial charge < -0.3 is 16.2 Å². The van der Waals surface area contributed by atoms with Gasteiger partial charge in [-0.05, 0) is 43.2 Å². The molecule has 110 valence electrons. The number of aryl methyl sites for hydroxylation is 1. The van der Waals surface area contributed by atoms with Crippen LogP contribution in [0.3, 0.4) is 0 Å². The Morgan fingerprint density at radius 1 is 1.40 bits per heavy atom. The van der Waals surface area contributed by atoms with Gasteiger partial charge in [0.15, 0.2) is 0 Å². The molecule has 6 heteroatoms. The Morgan fingerprint density at radius 2 is 2.10 bits per heavy atom. The van der Waals surface area contributed by atoms with Crippen LogP contribution < -0.4 is 11.1 Å². The molecule has 0 aromatic heterocycles. The lowest BCUT2D eigenvalue weighted by molar-refractivity contribution is -0.138. The molecule has 0 saturated carbocycles. The summed E-state index contributed by atoms with van der Waals surface area (Å²) in [5.41, 5.74) is 8.38. The molecule has 1 atom stereocenters. The molecule has 0 radical (unpaired) electrons. The number of carboxylic acids is 1. The van der Waals surface area contributed by atoms with Crippen LogP contribution in [0.15, 0.2) is 18.2 Å².